The second-order valence-corrected chi connectivity index (χ2v) is 12.8. The molecular formula is C29H20BrF2N4O7PS. The fourth-order valence-electron chi connectivity index (χ4n) is 4.01. The van der Waals surface area contributed by atoms with Crippen LogP contribution in [0.5, 0.6) is 11.5 Å². The van der Waals surface area contributed by atoms with Crippen molar-refractivity contribution >= 4 is 46.7 Å². The quantitative estimate of drug-likeness (QED) is 0.149. The smallest absolute Gasteiger partial charge is 0.399 e. The summed E-state index contributed by atoms with van der Waals surface area (Å²) in [5, 5.41) is 14.3. The standard InChI is InChI=1S/C29H20BrF2N4O7PS/c30-24-13-17(7-8-23(24)29(31,32)44(40,41)42)16-36-28(34-25(37)18-9-11-33-12-10-18)45-26(35-36)19-3-1-5-21(14-19)43-22-6-2-4-20(15-22)27(38)39/h1-15H,16H2,(H,38,39)(H2,40,41,42). The summed E-state index contributed by atoms with van der Waals surface area (Å²) < 4.78 is 47.1. The van der Waals surface area contributed by atoms with Gasteiger partial charge in [0.15, 0.2) is 0 Å². The van der Waals surface area contributed by atoms with Crippen molar-refractivity contribution < 1.29 is 42.6 Å². The van der Waals surface area contributed by atoms with Crippen LogP contribution in [-0.2, 0) is 16.8 Å². The number of aromatic nitrogens is 3. The molecule has 0 aliphatic rings. The summed E-state index contributed by atoms with van der Waals surface area (Å²) in [4.78, 5) is 50.8. The molecule has 3 aromatic carbocycles. The second kappa shape index (κ2) is 12.9. The molecule has 0 aliphatic carbocycles. The first kappa shape index (κ1) is 32.0. The summed E-state index contributed by atoms with van der Waals surface area (Å²) in [5.41, 5.74) is -3.97. The Morgan fingerprint density at radius 2 is 1.67 bits per heavy atom. The van der Waals surface area contributed by atoms with E-state index < -0.39 is 30.7 Å². The molecule has 0 fully saturated rings. The molecule has 0 spiro atoms. The Morgan fingerprint density at radius 1 is 0.978 bits per heavy atom. The van der Waals surface area contributed by atoms with Gasteiger partial charge in [-0.15, -0.1) is 0 Å². The Balaban J connectivity index is 1.52. The molecule has 0 unspecified atom stereocenters. The van der Waals surface area contributed by atoms with E-state index in [4.69, 9.17) is 14.5 Å². The predicted molar refractivity (Wildman–Crippen MR) is 162 cm³/mol. The van der Waals surface area contributed by atoms with Crippen LogP contribution >= 0.6 is 34.9 Å². The molecule has 1 amide bonds. The van der Waals surface area contributed by atoms with Crippen molar-refractivity contribution in [3.63, 3.8) is 0 Å². The average molecular weight is 717 g/mol. The van der Waals surface area contributed by atoms with E-state index in [9.17, 15) is 28.0 Å². The summed E-state index contributed by atoms with van der Waals surface area (Å²) in [6, 6.07) is 19.2. The Hall–Kier alpha value is -4.40. The van der Waals surface area contributed by atoms with Gasteiger partial charge in [-0.1, -0.05) is 57.6 Å². The number of ether oxygens (including phenoxy) is 1. The van der Waals surface area contributed by atoms with Crippen molar-refractivity contribution in [1.82, 2.24) is 14.8 Å². The minimum atomic E-state index is -5.79. The Morgan fingerprint density at radius 3 is 2.33 bits per heavy atom. The van der Waals surface area contributed by atoms with E-state index in [1.807, 2.05) is 0 Å². The van der Waals surface area contributed by atoms with Crippen LogP contribution in [0.3, 0.4) is 0 Å². The number of hydrogen-bond acceptors (Lipinski definition) is 7. The number of aromatic carboxylic acids is 1. The van der Waals surface area contributed by atoms with Crippen molar-refractivity contribution in [2.75, 3.05) is 0 Å². The van der Waals surface area contributed by atoms with Crippen molar-refractivity contribution in [2.45, 2.75) is 12.2 Å². The predicted octanol–water partition coefficient (Wildman–Crippen LogP) is 6.28. The molecule has 0 atom stereocenters. The van der Waals surface area contributed by atoms with Gasteiger partial charge in [-0.3, -0.25) is 14.3 Å². The van der Waals surface area contributed by atoms with Gasteiger partial charge in [-0.2, -0.15) is 18.9 Å². The lowest BCUT2D eigenvalue weighted by Crippen LogP contribution is -2.20. The number of halogens is 3. The Labute approximate surface area is 265 Å². The SMILES string of the molecule is O=C(O)c1cccc(Oc2cccc(-c3nn(Cc4ccc(C(F)(F)P(=O)(O)O)c(Br)c4)c(=NC(=O)c4ccncc4)s3)c2)c1. The van der Waals surface area contributed by atoms with E-state index in [1.165, 1.54) is 53.5 Å². The molecule has 0 saturated carbocycles. The highest BCUT2D eigenvalue weighted by atomic mass is 79.9. The molecule has 0 saturated heterocycles. The number of pyridine rings is 1. The number of nitrogens with zero attached hydrogens (tertiary/aromatic N) is 4. The van der Waals surface area contributed by atoms with E-state index in [-0.39, 0.29) is 26.9 Å². The van der Waals surface area contributed by atoms with Gasteiger partial charge in [0.1, 0.15) is 16.5 Å². The van der Waals surface area contributed by atoms with Crippen molar-refractivity contribution in [1.29, 1.82) is 0 Å². The number of carboxylic acid groups (broad SMARTS) is 1. The zero-order chi connectivity index (χ0) is 32.4. The molecule has 5 aromatic rings. The maximum absolute atomic E-state index is 14.4. The Kier molecular flexibility index (Phi) is 9.18. The highest BCUT2D eigenvalue weighted by Crippen LogP contribution is 2.60. The third-order valence-corrected chi connectivity index (χ3v) is 8.82. The fourth-order valence-corrected chi connectivity index (χ4v) is 6.24. The number of amides is 1. The molecule has 16 heteroatoms. The Bertz CT molecular complexity index is 2030. The number of rotatable bonds is 9. The molecule has 2 aromatic heterocycles. The normalized spacial score (nSPS) is 12.2. The van der Waals surface area contributed by atoms with Gasteiger partial charge in [0.25, 0.3) is 5.91 Å². The highest BCUT2D eigenvalue weighted by molar-refractivity contribution is 9.10. The summed E-state index contributed by atoms with van der Waals surface area (Å²) in [5.74, 6) is -0.988. The van der Waals surface area contributed by atoms with Gasteiger partial charge in [-0.05, 0) is 54.1 Å². The van der Waals surface area contributed by atoms with Crippen LogP contribution in [0.2, 0.25) is 0 Å². The van der Waals surface area contributed by atoms with Gasteiger partial charge >= 0.3 is 19.2 Å². The van der Waals surface area contributed by atoms with Gasteiger partial charge in [0.05, 0.1) is 12.1 Å². The number of alkyl halides is 2. The van der Waals surface area contributed by atoms with E-state index in [2.05, 4.69) is 31.0 Å². The third kappa shape index (κ3) is 7.30. The van der Waals surface area contributed by atoms with Crippen molar-refractivity contribution in [2.24, 2.45) is 4.99 Å². The molecule has 45 heavy (non-hydrogen) atoms. The second-order valence-electron chi connectivity index (χ2n) is 9.36. The van der Waals surface area contributed by atoms with Crippen LogP contribution in [0.4, 0.5) is 8.78 Å². The maximum atomic E-state index is 14.4. The number of carbonyl (C=O) groups excluding carboxylic acids is 1. The zero-order valence-electron chi connectivity index (χ0n) is 22.6. The maximum Gasteiger partial charge on any atom is 0.399 e. The first-order valence-electron chi connectivity index (χ1n) is 12.7. The number of hydrogen-bond donors (Lipinski definition) is 3. The molecule has 11 nitrogen and oxygen atoms in total. The molecule has 2 heterocycles. The van der Waals surface area contributed by atoms with E-state index in [0.29, 0.717) is 27.6 Å². The zero-order valence-corrected chi connectivity index (χ0v) is 25.9. The third-order valence-electron chi connectivity index (χ3n) is 6.20. The number of carboxylic acids is 1. The lowest BCUT2D eigenvalue weighted by molar-refractivity contribution is 0.0557. The van der Waals surface area contributed by atoms with E-state index in [1.54, 1.807) is 36.4 Å². The van der Waals surface area contributed by atoms with Crippen LogP contribution in [0.1, 0.15) is 31.8 Å². The summed E-state index contributed by atoms with van der Waals surface area (Å²) in [6.45, 7) is -0.0442. The lowest BCUT2D eigenvalue weighted by atomic mass is 10.1. The van der Waals surface area contributed by atoms with Gasteiger partial charge < -0.3 is 19.6 Å². The topological polar surface area (TPSA) is 164 Å². The molecule has 3 N–H and O–H groups in total. The number of benzene rings is 3. The van der Waals surface area contributed by atoms with E-state index in [0.717, 1.165) is 17.4 Å². The fraction of sp³-hybridized carbons (Fsp3) is 0.0690. The average Bonchev–Trinajstić information content (AvgIpc) is 3.39. The lowest BCUT2D eigenvalue weighted by Gasteiger charge is -2.19. The molecule has 230 valence electrons. The molecule has 0 radical (unpaired) electrons. The van der Waals surface area contributed by atoms with Crippen molar-refractivity contribution in [3.8, 4) is 22.1 Å². The monoisotopic (exact) mass is 716 g/mol. The van der Waals surface area contributed by atoms with Crippen LogP contribution in [0.25, 0.3) is 10.6 Å². The van der Waals surface area contributed by atoms with Crippen LogP contribution in [-0.4, -0.2) is 41.5 Å². The van der Waals surface area contributed by atoms with Crippen LogP contribution in [0.15, 0.2) is 101 Å². The minimum Gasteiger partial charge on any atom is -0.478 e. The molecular weight excluding hydrogens is 697 g/mol. The minimum absolute atomic E-state index is 0.0442. The number of carbonyl (C=O) groups is 2. The van der Waals surface area contributed by atoms with E-state index >= 15 is 0 Å². The molecule has 0 bridgehead atoms. The highest BCUT2D eigenvalue weighted by Gasteiger charge is 2.51. The largest absolute Gasteiger partial charge is 0.478 e. The summed E-state index contributed by atoms with van der Waals surface area (Å²) >= 11 is 4.06. The van der Waals surface area contributed by atoms with Crippen molar-refractivity contribution in [3.05, 3.63) is 123 Å². The van der Waals surface area contributed by atoms with Crippen LogP contribution < -0.4 is 9.54 Å². The van der Waals surface area contributed by atoms with Gasteiger partial charge in [0.2, 0.25) is 4.80 Å². The first-order chi connectivity index (χ1) is 21.3. The van der Waals surface area contributed by atoms with Crippen LogP contribution in [0, 0.1) is 0 Å². The van der Waals surface area contributed by atoms with Gasteiger partial charge in [-0.25, -0.2) is 9.48 Å². The first-order valence-corrected chi connectivity index (χ1v) is 15.9. The summed E-state index contributed by atoms with van der Waals surface area (Å²) in [7, 11) is -5.79. The summed E-state index contributed by atoms with van der Waals surface area (Å²) in [6.07, 6.45) is 2.89. The molecule has 5 rings (SSSR count). The molecule has 0 aliphatic heterocycles. The van der Waals surface area contributed by atoms with Gasteiger partial charge in [0, 0.05) is 33.6 Å².